The normalized spacial score (nSPS) is 51.1. The van der Waals surface area contributed by atoms with Gasteiger partial charge in [0.2, 0.25) is 0 Å². The van der Waals surface area contributed by atoms with E-state index in [9.17, 15) is 10.2 Å². The van der Waals surface area contributed by atoms with Gasteiger partial charge in [-0.1, -0.05) is 27.4 Å². The van der Waals surface area contributed by atoms with Gasteiger partial charge in [-0.2, -0.15) is 0 Å². The van der Waals surface area contributed by atoms with Gasteiger partial charge in [0.15, 0.2) is 0 Å². The van der Waals surface area contributed by atoms with E-state index < -0.39 is 6.10 Å². The maximum absolute atomic E-state index is 10.1. The van der Waals surface area contributed by atoms with Gasteiger partial charge >= 0.3 is 0 Å². The standard InChI is InChI=1S/C12H20O2/c1-7(2)12-5-9(12)11(4,6-13)10(14)8(12)3/h7,9-10,13-14H,3,5-6H2,1-2,4H3. The van der Waals surface area contributed by atoms with Crippen LogP contribution in [0.3, 0.4) is 0 Å². The van der Waals surface area contributed by atoms with E-state index in [1.54, 1.807) is 0 Å². The second-order valence-corrected chi connectivity index (χ2v) is 5.54. The largest absolute Gasteiger partial charge is 0.396 e. The zero-order valence-corrected chi connectivity index (χ0v) is 9.25. The summed E-state index contributed by atoms with van der Waals surface area (Å²) < 4.78 is 0. The Labute approximate surface area is 85.6 Å². The van der Waals surface area contributed by atoms with E-state index in [0.29, 0.717) is 11.8 Å². The van der Waals surface area contributed by atoms with Crippen LogP contribution in [0.15, 0.2) is 12.2 Å². The van der Waals surface area contributed by atoms with Crippen molar-refractivity contribution in [1.82, 2.24) is 0 Å². The summed E-state index contributed by atoms with van der Waals surface area (Å²) in [5.41, 5.74) is 0.729. The molecule has 0 heterocycles. The molecule has 0 bridgehead atoms. The zero-order valence-electron chi connectivity index (χ0n) is 9.25. The van der Waals surface area contributed by atoms with Crippen molar-refractivity contribution < 1.29 is 10.2 Å². The van der Waals surface area contributed by atoms with Crippen LogP contribution in [0.1, 0.15) is 27.2 Å². The van der Waals surface area contributed by atoms with Crippen LogP contribution < -0.4 is 0 Å². The highest BCUT2D eigenvalue weighted by molar-refractivity contribution is 5.38. The number of fused-ring (bicyclic) bond motifs is 1. The summed E-state index contributed by atoms with van der Waals surface area (Å²) in [5, 5.41) is 19.5. The summed E-state index contributed by atoms with van der Waals surface area (Å²) in [6.07, 6.45) is 0.575. The molecule has 4 unspecified atom stereocenters. The van der Waals surface area contributed by atoms with Gasteiger partial charge in [-0.3, -0.25) is 0 Å². The molecule has 2 rings (SSSR count). The SMILES string of the molecule is C=C1C(O)C(C)(CO)C2CC12C(C)C. The first-order valence-corrected chi connectivity index (χ1v) is 5.39. The highest BCUT2D eigenvalue weighted by atomic mass is 16.3. The van der Waals surface area contributed by atoms with E-state index in [1.165, 1.54) is 0 Å². The molecule has 0 aromatic rings. The van der Waals surface area contributed by atoms with Gasteiger partial charge in [0.1, 0.15) is 0 Å². The molecule has 2 nitrogen and oxygen atoms in total. The summed E-state index contributed by atoms with van der Waals surface area (Å²) in [6, 6.07) is 0. The maximum atomic E-state index is 10.1. The van der Waals surface area contributed by atoms with Crippen molar-refractivity contribution >= 4 is 0 Å². The highest BCUT2D eigenvalue weighted by Gasteiger charge is 2.73. The fourth-order valence-corrected chi connectivity index (χ4v) is 3.50. The molecule has 80 valence electrons. The smallest absolute Gasteiger partial charge is 0.0831 e. The van der Waals surface area contributed by atoms with E-state index in [-0.39, 0.29) is 17.4 Å². The van der Waals surface area contributed by atoms with Crippen molar-refractivity contribution in [2.24, 2.45) is 22.7 Å². The van der Waals surface area contributed by atoms with Crippen LogP contribution in [0, 0.1) is 22.7 Å². The Hall–Kier alpha value is -0.340. The van der Waals surface area contributed by atoms with Crippen molar-refractivity contribution in [2.75, 3.05) is 6.61 Å². The minimum absolute atomic E-state index is 0.0618. The maximum Gasteiger partial charge on any atom is 0.0831 e. The van der Waals surface area contributed by atoms with E-state index in [0.717, 1.165) is 12.0 Å². The van der Waals surface area contributed by atoms with Crippen LogP contribution in [0.25, 0.3) is 0 Å². The average molecular weight is 196 g/mol. The third-order valence-electron chi connectivity index (χ3n) is 4.72. The van der Waals surface area contributed by atoms with E-state index >= 15 is 0 Å². The predicted octanol–water partition coefficient (Wildman–Crippen LogP) is 1.58. The van der Waals surface area contributed by atoms with E-state index in [4.69, 9.17) is 0 Å². The lowest BCUT2D eigenvalue weighted by Gasteiger charge is -2.28. The van der Waals surface area contributed by atoms with Crippen LogP contribution in [0.5, 0.6) is 0 Å². The molecular weight excluding hydrogens is 176 g/mol. The van der Waals surface area contributed by atoms with E-state index in [2.05, 4.69) is 20.4 Å². The van der Waals surface area contributed by atoms with Crippen molar-refractivity contribution in [3.05, 3.63) is 12.2 Å². The lowest BCUT2D eigenvalue weighted by atomic mass is 9.82. The molecule has 0 aliphatic heterocycles. The van der Waals surface area contributed by atoms with Gasteiger partial charge < -0.3 is 10.2 Å². The molecule has 2 N–H and O–H groups in total. The first-order valence-electron chi connectivity index (χ1n) is 5.39. The van der Waals surface area contributed by atoms with Gasteiger partial charge in [0, 0.05) is 5.41 Å². The van der Waals surface area contributed by atoms with Crippen LogP contribution in [-0.4, -0.2) is 22.9 Å². The molecule has 0 amide bonds. The van der Waals surface area contributed by atoms with Crippen LogP contribution in [0.2, 0.25) is 0 Å². The molecule has 0 radical (unpaired) electrons. The molecule has 2 aliphatic rings. The predicted molar refractivity (Wildman–Crippen MR) is 55.7 cm³/mol. The first-order chi connectivity index (χ1) is 6.41. The molecule has 4 atom stereocenters. The number of rotatable bonds is 2. The van der Waals surface area contributed by atoms with Crippen molar-refractivity contribution in [3.8, 4) is 0 Å². The fraction of sp³-hybridized carbons (Fsp3) is 0.833. The molecule has 14 heavy (non-hydrogen) atoms. The minimum atomic E-state index is -0.520. The number of hydrogen-bond acceptors (Lipinski definition) is 2. The summed E-state index contributed by atoms with van der Waals surface area (Å²) in [6.45, 7) is 10.4. The molecule has 2 aliphatic carbocycles. The van der Waals surface area contributed by atoms with Crippen molar-refractivity contribution in [1.29, 1.82) is 0 Å². The summed E-state index contributed by atoms with van der Waals surface area (Å²) >= 11 is 0. The molecule has 0 spiro atoms. The van der Waals surface area contributed by atoms with E-state index in [1.807, 2.05) is 6.92 Å². The second kappa shape index (κ2) is 2.61. The molecule has 2 heteroatoms. The number of aliphatic hydroxyl groups excluding tert-OH is 2. The average Bonchev–Trinajstić information content (AvgIpc) is 2.87. The van der Waals surface area contributed by atoms with Crippen LogP contribution >= 0.6 is 0 Å². The quantitative estimate of drug-likeness (QED) is 0.658. The van der Waals surface area contributed by atoms with Crippen LogP contribution in [-0.2, 0) is 0 Å². The Morgan fingerprint density at radius 3 is 2.43 bits per heavy atom. The minimum Gasteiger partial charge on any atom is -0.396 e. The third-order valence-corrected chi connectivity index (χ3v) is 4.72. The van der Waals surface area contributed by atoms with Gasteiger partial charge in [-0.15, -0.1) is 0 Å². The van der Waals surface area contributed by atoms with Crippen molar-refractivity contribution in [2.45, 2.75) is 33.3 Å². The topological polar surface area (TPSA) is 40.5 Å². The van der Waals surface area contributed by atoms with Gasteiger partial charge in [-0.05, 0) is 29.2 Å². The Balaban J connectivity index is 2.37. The zero-order chi connectivity index (χ0) is 10.7. The summed E-state index contributed by atoms with van der Waals surface area (Å²) in [5.74, 6) is 0.950. The Morgan fingerprint density at radius 2 is 2.14 bits per heavy atom. The third kappa shape index (κ3) is 0.842. The summed E-state index contributed by atoms with van der Waals surface area (Å²) in [7, 11) is 0. The molecule has 2 fully saturated rings. The van der Waals surface area contributed by atoms with Gasteiger partial charge in [-0.25, -0.2) is 0 Å². The second-order valence-electron chi connectivity index (χ2n) is 5.54. The Kier molecular flexibility index (Phi) is 1.90. The Morgan fingerprint density at radius 1 is 1.57 bits per heavy atom. The molecule has 0 saturated heterocycles. The number of aliphatic hydroxyl groups is 2. The Bertz CT molecular complexity index is 284. The highest BCUT2D eigenvalue weighted by Crippen LogP contribution is 2.75. The van der Waals surface area contributed by atoms with Crippen molar-refractivity contribution in [3.63, 3.8) is 0 Å². The molecule has 0 aromatic heterocycles. The first kappa shape index (κ1) is 10.2. The molecular formula is C12H20O2. The molecule has 2 saturated carbocycles. The lowest BCUT2D eigenvalue weighted by Crippen LogP contribution is -2.34. The summed E-state index contributed by atoms with van der Waals surface area (Å²) in [4.78, 5) is 0. The van der Waals surface area contributed by atoms with Gasteiger partial charge in [0.25, 0.3) is 0 Å². The lowest BCUT2D eigenvalue weighted by molar-refractivity contribution is 0.0173. The fourth-order valence-electron chi connectivity index (χ4n) is 3.50. The monoisotopic (exact) mass is 196 g/mol. The van der Waals surface area contributed by atoms with Crippen LogP contribution in [0.4, 0.5) is 0 Å². The molecule has 0 aromatic carbocycles. The number of hydrogen-bond donors (Lipinski definition) is 2. The van der Waals surface area contributed by atoms with Gasteiger partial charge in [0.05, 0.1) is 12.7 Å².